The van der Waals surface area contributed by atoms with Crippen molar-refractivity contribution in [3.8, 4) is 0 Å². The van der Waals surface area contributed by atoms with Gasteiger partial charge in [-0.15, -0.1) is 0 Å². The van der Waals surface area contributed by atoms with Crippen LogP contribution in [-0.4, -0.2) is 30.2 Å². The minimum Gasteiger partial charge on any atom is -0.392 e. The number of carbonyl (C=O) groups excluding carboxylic acids is 1. The van der Waals surface area contributed by atoms with Gasteiger partial charge in [-0.05, 0) is 37.0 Å². The van der Waals surface area contributed by atoms with Gasteiger partial charge >= 0.3 is 0 Å². The van der Waals surface area contributed by atoms with Gasteiger partial charge in [0, 0.05) is 24.5 Å². The van der Waals surface area contributed by atoms with Gasteiger partial charge < -0.3 is 15.3 Å². The molecule has 0 saturated carbocycles. The summed E-state index contributed by atoms with van der Waals surface area (Å²) in [4.78, 5) is 14.4. The van der Waals surface area contributed by atoms with Gasteiger partial charge in [0.2, 0.25) is 5.91 Å². The van der Waals surface area contributed by atoms with E-state index >= 15 is 0 Å². The van der Waals surface area contributed by atoms with Crippen LogP contribution in [0.5, 0.6) is 0 Å². The van der Waals surface area contributed by atoms with E-state index in [4.69, 9.17) is 0 Å². The number of nitrogens with one attached hydrogen (secondary N) is 1. The molecule has 1 heterocycles. The van der Waals surface area contributed by atoms with E-state index in [1.807, 2.05) is 32.0 Å². The summed E-state index contributed by atoms with van der Waals surface area (Å²) in [6.07, 6.45) is 4.63. The third-order valence-electron chi connectivity index (χ3n) is 4.27. The van der Waals surface area contributed by atoms with Crippen LogP contribution in [0, 0.1) is 5.92 Å². The fourth-order valence-corrected chi connectivity index (χ4v) is 2.75. The zero-order valence-corrected chi connectivity index (χ0v) is 13.7. The average molecular weight is 304 g/mol. The van der Waals surface area contributed by atoms with Crippen LogP contribution in [0.3, 0.4) is 0 Å². The zero-order chi connectivity index (χ0) is 15.9. The molecule has 1 aliphatic rings. The molecule has 1 unspecified atom stereocenters. The lowest BCUT2D eigenvalue weighted by atomic mass is 10.0. The van der Waals surface area contributed by atoms with Crippen LogP contribution in [0.1, 0.15) is 46.0 Å². The number of hydrogen-bond donors (Lipinski definition) is 2. The molecule has 1 saturated heterocycles. The molecule has 1 atom stereocenters. The fraction of sp³-hybridized carbons (Fsp3) is 0.611. The molecule has 2 rings (SSSR count). The molecule has 0 radical (unpaired) electrons. The van der Waals surface area contributed by atoms with Crippen molar-refractivity contribution in [3.05, 3.63) is 24.3 Å². The predicted octanol–water partition coefficient (Wildman–Crippen LogP) is 3.41. The molecule has 0 aliphatic carbocycles. The molecule has 22 heavy (non-hydrogen) atoms. The van der Waals surface area contributed by atoms with Crippen LogP contribution in [0.25, 0.3) is 0 Å². The normalized spacial score (nSPS) is 17.2. The maximum atomic E-state index is 12.0. The molecule has 4 heteroatoms. The highest BCUT2D eigenvalue weighted by atomic mass is 16.3. The molecule has 0 spiro atoms. The average Bonchev–Trinajstić information content (AvgIpc) is 2.76. The second-order valence-electron chi connectivity index (χ2n) is 6.52. The van der Waals surface area contributed by atoms with Crippen LogP contribution in [0.2, 0.25) is 0 Å². The lowest BCUT2D eigenvalue weighted by Crippen LogP contribution is -2.25. The standard InChI is InChI=1S/C18H28N2O2/c1-14(2)17(21)13-18(22)19-15-8-7-9-16(12-15)20-10-5-3-4-6-11-20/h7-9,12,14,17,21H,3-6,10-11,13H2,1-2H3,(H,19,22). The summed E-state index contributed by atoms with van der Waals surface area (Å²) in [7, 11) is 0. The van der Waals surface area contributed by atoms with Crippen molar-refractivity contribution in [1.29, 1.82) is 0 Å². The third-order valence-corrected chi connectivity index (χ3v) is 4.27. The van der Waals surface area contributed by atoms with E-state index < -0.39 is 6.10 Å². The number of anilines is 2. The first kappa shape index (κ1) is 16.8. The Bertz CT molecular complexity index is 480. The van der Waals surface area contributed by atoms with Gasteiger partial charge in [0.15, 0.2) is 0 Å². The highest BCUT2D eigenvalue weighted by Gasteiger charge is 2.15. The van der Waals surface area contributed by atoms with E-state index in [1.54, 1.807) is 0 Å². The van der Waals surface area contributed by atoms with Gasteiger partial charge in [-0.2, -0.15) is 0 Å². The molecule has 1 fully saturated rings. The molecule has 1 aliphatic heterocycles. The second-order valence-corrected chi connectivity index (χ2v) is 6.52. The van der Waals surface area contributed by atoms with Crippen molar-refractivity contribution >= 4 is 17.3 Å². The van der Waals surface area contributed by atoms with Crippen LogP contribution in [0.4, 0.5) is 11.4 Å². The predicted molar refractivity (Wildman–Crippen MR) is 91.2 cm³/mol. The van der Waals surface area contributed by atoms with Gasteiger partial charge in [-0.1, -0.05) is 32.8 Å². The maximum absolute atomic E-state index is 12.0. The number of hydrogen-bond acceptors (Lipinski definition) is 3. The Hall–Kier alpha value is -1.55. The van der Waals surface area contributed by atoms with E-state index in [1.165, 1.54) is 31.4 Å². The summed E-state index contributed by atoms with van der Waals surface area (Å²) in [5, 5.41) is 12.7. The van der Waals surface area contributed by atoms with Crippen molar-refractivity contribution in [1.82, 2.24) is 0 Å². The van der Waals surface area contributed by atoms with Crippen molar-refractivity contribution in [2.24, 2.45) is 5.92 Å². The summed E-state index contributed by atoms with van der Waals surface area (Å²) in [5.74, 6) is -0.0385. The molecule has 1 amide bonds. The first-order chi connectivity index (χ1) is 10.6. The first-order valence-corrected chi connectivity index (χ1v) is 8.39. The summed E-state index contributed by atoms with van der Waals surface area (Å²) >= 11 is 0. The summed E-state index contributed by atoms with van der Waals surface area (Å²) < 4.78 is 0. The number of carbonyl (C=O) groups is 1. The highest BCUT2D eigenvalue weighted by molar-refractivity contribution is 5.91. The van der Waals surface area contributed by atoms with Gasteiger partial charge in [0.25, 0.3) is 0 Å². The molecule has 1 aromatic rings. The van der Waals surface area contributed by atoms with E-state index in [-0.39, 0.29) is 18.2 Å². The zero-order valence-electron chi connectivity index (χ0n) is 13.7. The SMILES string of the molecule is CC(C)C(O)CC(=O)Nc1cccc(N2CCCCCC2)c1. The minimum absolute atomic E-state index is 0.0918. The summed E-state index contributed by atoms with van der Waals surface area (Å²) in [6.45, 7) is 6.00. The Morgan fingerprint density at radius 1 is 1.23 bits per heavy atom. The summed E-state index contributed by atoms with van der Waals surface area (Å²) in [5.41, 5.74) is 1.98. The Labute approximate surface area is 133 Å². The monoisotopic (exact) mass is 304 g/mol. The Kier molecular flexibility index (Phi) is 6.25. The molecular weight excluding hydrogens is 276 g/mol. The number of nitrogens with zero attached hydrogens (tertiary/aromatic N) is 1. The fourth-order valence-electron chi connectivity index (χ4n) is 2.75. The Balaban J connectivity index is 1.97. The topological polar surface area (TPSA) is 52.6 Å². The van der Waals surface area contributed by atoms with Crippen LogP contribution < -0.4 is 10.2 Å². The van der Waals surface area contributed by atoms with E-state index in [9.17, 15) is 9.90 Å². The maximum Gasteiger partial charge on any atom is 0.226 e. The van der Waals surface area contributed by atoms with E-state index in [0.29, 0.717) is 0 Å². The molecule has 2 N–H and O–H groups in total. The van der Waals surface area contributed by atoms with E-state index in [2.05, 4.69) is 16.3 Å². The van der Waals surface area contributed by atoms with Crippen LogP contribution in [0.15, 0.2) is 24.3 Å². The first-order valence-electron chi connectivity index (χ1n) is 8.39. The number of aliphatic hydroxyl groups excluding tert-OH is 1. The van der Waals surface area contributed by atoms with Gasteiger partial charge in [-0.3, -0.25) is 4.79 Å². The summed E-state index contributed by atoms with van der Waals surface area (Å²) in [6, 6.07) is 8.02. The Morgan fingerprint density at radius 3 is 2.55 bits per heavy atom. The molecule has 4 nitrogen and oxygen atoms in total. The van der Waals surface area contributed by atoms with Gasteiger partial charge in [-0.25, -0.2) is 0 Å². The number of aliphatic hydroxyl groups is 1. The molecule has 0 aromatic heterocycles. The number of rotatable bonds is 5. The molecule has 122 valence electrons. The molecular formula is C18H28N2O2. The van der Waals surface area contributed by atoms with E-state index in [0.717, 1.165) is 18.8 Å². The lowest BCUT2D eigenvalue weighted by Gasteiger charge is -2.23. The molecule has 0 bridgehead atoms. The number of benzene rings is 1. The second kappa shape index (κ2) is 8.18. The number of amides is 1. The van der Waals surface area contributed by atoms with Crippen LogP contribution in [-0.2, 0) is 4.79 Å². The minimum atomic E-state index is -0.589. The quantitative estimate of drug-likeness (QED) is 0.876. The largest absolute Gasteiger partial charge is 0.392 e. The van der Waals surface area contributed by atoms with Crippen molar-refractivity contribution in [2.45, 2.75) is 52.1 Å². The van der Waals surface area contributed by atoms with Gasteiger partial charge in [0.05, 0.1) is 12.5 Å². The smallest absolute Gasteiger partial charge is 0.226 e. The van der Waals surface area contributed by atoms with Crippen molar-refractivity contribution < 1.29 is 9.90 Å². The van der Waals surface area contributed by atoms with Gasteiger partial charge in [0.1, 0.15) is 0 Å². The lowest BCUT2D eigenvalue weighted by molar-refractivity contribution is -0.118. The van der Waals surface area contributed by atoms with Crippen molar-refractivity contribution in [3.63, 3.8) is 0 Å². The molecule has 1 aromatic carbocycles. The van der Waals surface area contributed by atoms with Crippen molar-refractivity contribution in [2.75, 3.05) is 23.3 Å². The van der Waals surface area contributed by atoms with Crippen LogP contribution >= 0.6 is 0 Å². The highest BCUT2D eigenvalue weighted by Crippen LogP contribution is 2.23. The third kappa shape index (κ3) is 5.02. The Morgan fingerprint density at radius 2 is 1.91 bits per heavy atom.